The fourth-order valence-electron chi connectivity index (χ4n) is 2.11. The molecule has 0 aliphatic rings. The van der Waals surface area contributed by atoms with E-state index in [2.05, 4.69) is 5.32 Å². The highest BCUT2D eigenvalue weighted by atomic mass is 32.2. The Bertz CT molecular complexity index is 906. The number of nitrogens with two attached hydrogens (primary N) is 1. The van der Waals surface area contributed by atoms with Crippen LogP contribution in [-0.2, 0) is 9.84 Å². The molecule has 126 valence electrons. The number of hydrogen-bond acceptors (Lipinski definition) is 5. The van der Waals surface area contributed by atoms with Crippen molar-refractivity contribution in [1.29, 1.82) is 0 Å². The molecule has 0 bridgehead atoms. The Hall–Kier alpha value is -2.87. The fraction of sp³-hybridized carbons (Fsp3) is 0.125. The highest BCUT2D eigenvalue weighted by Gasteiger charge is 2.18. The van der Waals surface area contributed by atoms with E-state index in [0.717, 1.165) is 6.26 Å². The van der Waals surface area contributed by atoms with Gasteiger partial charge < -0.3 is 15.8 Å². The molecule has 0 aromatic heterocycles. The zero-order valence-corrected chi connectivity index (χ0v) is 13.9. The van der Waals surface area contributed by atoms with Gasteiger partial charge in [0.05, 0.1) is 18.4 Å². The summed E-state index contributed by atoms with van der Waals surface area (Å²) in [6.45, 7) is 0. The standard InChI is InChI=1S/C16H16N2O5S/c1-23-13-8-7-10(9-14(13)24(2,21)22)16(20)18-12-6-4-3-5-11(12)15(17)19/h3-9H,1-2H3,(H2,17,19)(H,18,20). The molecule has 8 heteroatoms. The lowest BCUT2D eigenvalue weighted by atomic mass is 10.1. The van der Waals surface area contributed by atoms with Crippen LogP contribution in [0.1, 0.15) is 20.7 Å². The third-order valence-corrected chi connectivity index (χ3v) is 4.38. The number of para-hydroxylation sites is 1. The summed E-state index contributed by atoms with van der Waals surface area (Å²) >= 11 is 0. The fourth-order valence-corrected chi connectivity index (χ4v) is 2.97. The van der Waals surface area contributed by atoms with E-state index >= 15 is 0 Å². The van der Waals surface area contributed by atoms with Gasteiger partial charge in [-0.25, -0.2) is 8.42 Å². The summed E-state index contributed by atoms with van der Waals surface area (Å²) in [5.74, 6) is -1.11. The van der Waals surface area contributed by atoms with Crippen molar-refractivity contribution < 1.29 is 22.7 Å². The van der Waals surface area contributed by atoms with Gasteiger partial charge in [0, 0.05) is 11.8 Å². The third kappa shape index (κ3) is 3.72. The lowest BCUT2D eigenvalue weighted by Gasteiger charge is -2.11. The third-order valence-electron chi connectivity index (χ3n) is 3.27. The van der Waals surface area contributed by atoms with Crippen LogP contribution in [0, 0.1) is 0 Å². The summed E-state index contributed by atoms with van der Waals surface area (Å²) in [6.07, 6.45) is 1.02. The maximum Gasteiger partial charge on any atom is 0.255 e. The van der Waals surface area contributed by atoms with Gasteiger partial charge in [-0.15, -0.1) is 0 Å². The van der Waals surface area contributed by atoms with Crippen molar-refractivity contribution in [2.75, 3.05) is 18.7 Å². The highest BCUT2D eigenvalue weighted by molar-refractivity contribution is 7.90. The molecular weight excluding hydrogens is 332 g/mol. The molecule has 0 heterocycles. The van der Waals surface area contributed by atoms with Gasteiger partial charge >= 0.3 is 0 Å². The molecule has 0 radical (unpaired) electrons. The first-order valence-corrected chi connectivity index (χ1v) is 8.71. The van der Waals surface area contributed by atoms with Crippen LogP contribution >= 0.6 is 0 Å². The van der Waals surface area contributed by atoms with Crippen LogP contribution in [0.3, 0.4) is 0 Å². The van der Waals surface area contributed by atoms with Crippen LogP contribution in [0.25, 0.3) is 0 Å². The van der Waals surface area contributed by atoms with Crippen molar-refractivity contribution in [3.63, 3.8) is 0 Å². The first kappa shape index (κ1) is 17.5. The number of primary amides is 1. The van der Waals surface area contributed by atoms with Crippen LogP contribution in [0.5, 0.6) is 5.75 Å². The van der Waals surface area contributed by atoms with Crippen molar-refractivity contribution in [3.8, 4) is 5.75 Å². The number of sulfone groups is 1. The van der Waals surface area contributed by atoms with E-state index in [1.807, 2.05) is 0 Å². The predicted molar refractivity (Wildman–Crippen MR) is 89.0 cm³/mol. The van der Waals surface area contributed by atoms with E-state index in [1.54, 1.807) is 12.1 Å². The van der Waals surface area contributed by atoms with E-state index in [-0.39, 0.29) is 27.5 Å². The molecule has 2 aromatic carbocycles. The quantitative estimate of drug-likeness (QED) is 0.848. The molecule has 0 aliphatic carbocycles. The highest BCUT2D eigenvalue weighted by Crippen LogP contribution is 2.25. The van der Waals surface area contributed by atoms with Crippen molar-refractivity contribution >= 4 is 27.3 Å². The Kier molecular flexibility index (Phi) is 4.89. The van der Waals surface area contributed by atoms with Crippen LogP contribution < -0.4 is 15.8 Å². The number of amides is 2. The number of anilines is 1. The van der Waals surface area contributed by atoms with Gasteiger partial charge in [-0.05, 0) is 30.3 Å². The zero-order chi connectivity index (χ0) is 17.9. The maximum atomic E-state index is 12.4. The number of ether oxygens (including phenoxy) is 1. The van der Waals surface area contributed by atoms with Crippen molar-refractivity contribution in [2.24, 2.45) is 5.73 Å². The summed E-state index contributed by atoms with van der Waals surface area (Å²) in [4.78, 5) is 23.7. The average Bonchev–Trinajstić information content (AvgIpc) is 2.53. The van der Waals surface area contributed by atoms with E-state index in [0.29, 0.717) is 0 Å². The van der Waals surface area contributed by atoms with E-state index in [9.17, 15) is 18.0 Å². The van der Waals surface area contributed by atoms with E-state index in [1.165, 1.54) is 37.4 Å². The molecule has 0 saturated carbocycles. The lowest BCUT2D eigenvalue weighted by molar-refractivity contribution is 0.100. The number of methoxy groups -OCH3 is 1. The molecule has 0 spiro atoms. The largest absolute Gasteiger partial charge is 0.495 e. The molecular formula is C16H16N2O5S. The monoisotopic (exact) mass is 348 g/mol. The summed E-state index contributed by atoms with van der Waals surface area (Å²) in [5, 5.41) is 2.55. The molecule has 0 unspecified atom stereocenters. The molecule has 2 rings (SSSR count). The molecule has 0 atom stereocenters. The van der Waals surface area contributed by atoms with Crippen molar-refractivity contribution in [1.82, 2.24) is 0 Å². The normalized spacial score (nSPS) is 10.9. The van der Waals surface area contributed by atoms with Gasteiger partial charge in [-0.1, -0.05) is 12.1 Å². The van der Waals surface area contributed by atoms with Gasteiger partial charge in [-0.3, -0.25) is 9.59 Å². The van der Waals surface area contributed by atoms with Gasteiger partial charge in [0.25, 0.3) is 11.8 Å². The minimum Gasteiger partial charge on any atom is -0.495 e. The second-order valence-corrected chi connectivity index (χ2v) is 6.99. The lowest BCUT2D eigenvalue weighted by Crippen LogP contribution is -2.18. The van der Waals surface area contributed by atoms with Crippen molar-refractivity contribution in [3.05, 3.63) is 53.6 Å². The number of benzene rings is 2. The molecule has 0 fully saturated rings. The molecule has 24 heavy (non-hydrogen) atoms. The smallest absolute Gasteiger partial charge is 0.255 e. The predicted octanol–water partition coefficient (Wildman–Crippen LogP) is 1.45. The molecule has 2 aromatic rings. The number of hydrogen-bond donors (Lipinski definition) is 2. The molecule has 3 N–H and O–H groups in total. The topological polar surface area (TPSA) is 116 Å². The van der Waals surface area contributed by atoms with Gasteiger partial charge in [0.1, 0.15) is 10.6 Å². The number of carbonyl (C=O) groups is 2. The Morgan fingerprint density at radius 3 is 2.38 bits per heavy atom. The van der Waals surface area contributed by atoms with Gasteiger partial charge in [0.2, 0.25) is 0 Å². The average molecular weight is 348 g/mol. The first-order chi connectivity index (χ1) is 11.2. The molecule has 2 amide bonds. The molecule has 7 nitrogen and oxygen atoms in total. The zero-order valence-electron chi connectivity index (χ0n) is 13.1. The number of carbonyl (C=O) groups excluding carboxylic acids is 2. The van der Waals surface area contributed by atoms with Crippen LogP contribution in [0.15, 0.2) is 47.4 Å². The summed E-state index contributed by atoms with van der Waals surface area (Å²) in [7, 11) is -2.24. The summed E-state index contributed by atoms with van der Waals surface area (Å²) in [5.41, 5.74) is 5.77. The summed E-state index contributed by atoms with van der Waals surface area (Å²) < 4.78 is 28.6. The molecule has 0 saturated heterocycles. The maximum absolute atomic E-state index is 12.4. The number of rotatable bonds is 5. The Balaban J connectivity index is 2.40. The second kappa shape index (κ2) is 6.71. The second-order valence-electron chi connectivity index (χ2n) is 5.00. The number of nitrogens with one attached hydrogen (secondary N) is 1. The first-order valence-electron chi connectivity index (χ1n) is 6.82. The minimum absolute atomic E-state index is 0.0964. The van der Waals surface area contributed by atoms with Crippen LogP contribution in [0.2, 0.25) is 0 Å². The molecule has 0 aliphatic heterocycles. The van der Waals surface area contributed by atoms with Crippen LogP contribution in [0.4, 0.5) is 5.69 Å². The SMILES string of the molecule is COc1ccc(C(=O)Nc2ccccc2C(N)=O)cc1S(C)(=O)=O. The Morgan fingerprint density at radius 2 is 1.79 bits per heavy atom. The van der Waals surface area contributed by atoms with Crippen molar-refractivity contribution in [2.45, 2.75) is 4.90 Å². The Labute approximate surface area is 139 Å². The van der Waals surface area contributed by atoms with Crippen LogP contribution in [-0.4, -0.2) is 33.6 Å². The Morgan fingerprint density at radius 1 is 1.12 bits per heavy atom. The van der Waals surface area contributed by atoms with Gasteiger partial charge in [0.15, 0.2) is 9.84 Å². The minimum atomic E-state index is -3.58. The van der Waals surface area contributed by atoms with E-state index < -0.39 is 21.7 Å². The van der Waals surface area contributed by atoms with E-state index in [4.69, 9.17) is 10.5 Å². The van der Waals surface area contributed by atoms with Gasteiger partial charge in [-0.2, -0.15) is 0 Å². The summed E-state index contributed by atoms with van der Waals surface area (Å²) in [6, 6.07) is 10.3.